The summed E-state index contributed by atoms with van der Waals surface area (Å²) in [5.41, 5.74) is 2.00. The molecule has 0 fully saturated rings. The lowest BCUT2D eigenvalue weighted by Crippen LogP contribution is -2.37. The van der Waals surface area contributed by atoms with Gasteiger partial charge in [-0.05, 0) is 49.1 Å². The molecular weight excluding hydrogens is 382 g/mol. The van der Waals surface area contributed by atoms with Crippen LogP contribution in [-0.4, -0.2) is 34.4 Å². The average molecular weight is 416 g/mol. The number of carboxylic acids is 1. The maximum absolute atomic E-state index is 12.5. The second-order valence-corrected chi connectivity index (χ2v) is 8.41. The number of amides is 2. The topological polar surface area (TPSA) is 108 Å². The summed E-state index contributed by atoms with van der Waals surface area (Å²) in [5.74, 6) is -0.0609. The van der Waals surface area contributed by atoms with Crippen molar-refractivity contribution in [2.75, 3.05) is 6.54 Å². The quantitative estimate of drug-likeness (QED) is 0.509. The highest BCUT2D eigenvalue weighted by atomic mass is 16.4. The average Bonchev–Trinajstić information content (AvgIpc) is 2.71. The van der Waals surface area contributed by atoms with Gasteiger partial charge in [0, 0.05) is 25.6 Å². The van der Waals surface area contributed by atoms with Gasteiger partial charge < -0.3 is 15.7 Å². The van der Waals surface area contributed by atoms with Crippen molar-refractivity contribution in [1.29, 1.82) is 0 Å². The molecule has 0 aromatic carbocycles. The van der Waals surface area contributed by atoms with Gasteiger partial charge in [0.15, 0.2) is 0 Å². The fraction of sp³-hybridized carbons (Fsp3) is 0.565. The minimum Gasteiger partial charge on any atom is -0.481 e. The van der Waals surface area contributed by atoms with Gasteiger partial charge in [0.2, 0.25) is 11.8 Å². The van der Waals surface area contributed by atoms with Crippen LogP contribution in [0.3, 0.4) is 0 Å². The molecule has 7 nitrogen and oxygen atoms in total. The molecule has 1 aliphatic carbocycles. The first kappa shape index (κ1) is 23.6. The van der Waals surface area contributed by atoms with Gasteiger partial charge in [-0.15, -0.1) is 0 Å². The Bertz CT molecular complexity index is 761. The smallest absolute Gasteiger partial charge is 0.303 e. The fourth-order valence-corrected chi connectivity index (χ4v) is 4.04. The predicted molar refractivity (Wildman–Crippen MR) is 114 cm³/mol. The van der Waals surface area contributed by atoms with Crippen molar-refractivity contribution in [2.24, 2.45) is 23.7 Å². The number of allylic oxidation sites excluding steroid dienone is 1. The molecule has 30 heavy (non-hydrogen) atoms. The summed E-state index contributed by atoms with van der Waals surface area (Å²) in [5, 5.41) is 14.5. The third-order valence-corrected chi connectivity index (χ3v) is 5.81. The number of carbonyl (C=O) groups excluding carboxylic acids is 2. The van der Waals surface area contributed by atoms with Gasteiger partial charge in [-0.2, -0.15) is 0 Å². The zero-order valence-corrected chi connectivity index (χ0v) is 18.1. The molecule has 0 unspecified atom stereocenters. The zero-order chi connectivity index (χ0) is 22.1. The Labute approximate surface area is 178 Å². The first-order valence-corrected chi connectivity index (χ1v) is 10.6. The van der Waals surface area contributed by atoms with E-state index in [-0.39, 0.29) is 36.5 Å². The van der Waals surface area contributed by atoms with Crippen LogP contribution in [0.25, 0.3) is 0 Å². The minimum absolute atomic E-state index is 0.00381. The first-order chi connectivity index (χ1) is 14.3. The molecule has 2 rings (SSSR count). The van der Waals surface area contributed by atoms with Gasteiger partial charge in [-0.3, -0.25) is 19.4 Å². The van der Waals surface area contributed by atoms with E-state index in [1.165, 1.54) is 5.57 Å². The molecule has 0 aliphatic heterocycles. The van der Waals surface area contributed by atoms with Crippen LogP contribution in [0.15, 0.2) is 36.0 Å². The number of nitrogens with one attached hydrogen (secondary N) is 2. The normalized spacial score (nSPS) is 21.1. The van der Waals surface area contributed by atoms with E-state index in [1.807, 2.05) is 25.1 Å². The van der Waals surface area contributed by atoms with E-state index < -0.39 is 5.97 Å². The van der Waals surface area contributed by atoms with Crippen LogP contribution < -0.4 is 10.6 Å². The molecule has 7 heteroatoms. The van der Waals surface area contributed by atoms with Crippen molar-refractivity contribution in [3.05, 3.63) is 41.7 Å². The van der Waals surface area contributed by atoms with Crippen molar-refractivity contribution >= 4 is 17.8 Å². The number of hydrogen-bond acceptors (Lipinski definition) is 4. The standard InChI is InChI=1S/C23H33N3O4/c1-15(2)20-11-17(12-22(28)26-14-19-6-4-5-9-24-19)16(3)10-18(20)13-25-21(27)7-8-23(29)30/h4-6,9-10,15,17-18,20H,7-8,11-14H2,1-3H3,(H,25,27)(H,26,28)(H,29,30)/t17-,18-,20-/m0/s1. The lowest BCUT2D eigenvalue weighted by Gasteiger charge is -2.37. The van der Waals surface area contributed by atoms with Crippen molar-refractivity contribution in [2.45, 2.75) is 53.0 Å². The molecular formula is C23H33N3O4. The Morgan fingerprint density at radius 3 is 2.57 bits per heavy atom. The zero-order valence-electron chi connectivity index (χ0n) is 18.1. The third-order valence-electron chi connectivity index (χ3n) is 5.81. The van der Waals surface area contributed by atoms with Crippen molar-refractivity contribution in [1.82, 2.24) is 15.6 Å². The molecule has 0 saturated carbocycles. The molecule has 3 N–H and O–H groups in total. The Kier molecular flexibility index (Phi) is 9.02. The van der Waals surface area contributed by atoms with Crippen LogP contribution in [0.2, 0.25) is 0 Å². The lowest BCUT2D eigenvalue weighted by molar-refractivity contribution is -0.138. The molecule has 1 aromatic rings. The maximum atomic E-state index is 12.5. The largest absolute Gasteiger partial charge is 0.481 e. The lowest BCUT2D eigenvalue weighted by atomic mass is 9.69. The van der Waals surface area contributed by atoms with Gasteiger partial charge >= 0.3 is 5.97 Å². The minimum atomic E-state index is -0.970. The highest BCUT2D eigenvalue weighted by Crippen LogP contribution is 2.38. The van der Waals surface area contributed by atoms with Crippen LogP contribution in [-0.2, 0) is 20.9 Å². The SMILES string of the molecule is CC1=C[C@@H](CNC(=O)CCC(=O)O)[C@H](C(C)C)C[C@H]1CC(=O)NCc1ccccn1. The number of nitrogens with zero attached hydrogens (tertiary/aromatic N) is 1. The first-order valence-electron chi connectivity index (χ1n) is 10.6. The second-order valence-electron chi connectivity index (χ2n) is 8.41. The highest BCUT2D eigenvalue weighted by Gasteiger charge is 2.32. The number of aromatic nitrogens is 1. The van der Waals surface area contributed by atoms with E-state index in [4.69, 9.17) is 5.11 Å². The van der Waals surface area contributed by atoms with Gasteiger partial charge in [0.1, 0.15) is 0 Å². The summed E-state index contributed by atoms with van der Waals surface area (Å²) in [6, 6.07) is 5.63. The maximum Gasteiger partial charge on any atom is 0.303 e. The Morgan fingerprint density at radius 2 is 1.93 bits per heavy atom. The van der Waals surface area contributed by atoms with Crippen molar-refractivity contribution in [3.63, 3.8) is 0 Å². The summed E-state index contributed by atoms with van der Waals surface area (Å²) in [6.45, 7) is 7.30. The molecule has 1 heterocycles. The molecule has 0 saturated heterocycles. The van der Waals surface area contributed by atoms with Gasteiger partial charge in [0.25, 0.3) is 0 Å². The predicted octanol–water partition coefficient (Wildman–Crippen LogP) is 2.92. The van der Waals surface area contributed by atoms with E-state index in [0.29, 0.717) is 31.3 Å². The Hall–Kier alpha value is -2.70. The molecule has 0 bridgehead atoms. The molecule has 0 spiro atoms. The third kappa shape index (κ3) is 7.61. The van der Waals surface area contributed by atoms with Crippen LogP contribution in [0, 0.1) is 23.7 Å². The molecule has 2 amide bonds. The van der Waals surface area contributed by atoms with Crippen molar-refractivity contribution < 1.29 is 19.5 Å². The van der Waals surface area contributed by atoms with Crippen molar-refractivity contribution in [3.8, 4) is 0 Å². The fourth-order valence-electron chi connectivity index (χ4n) is 4.04. The molecule has 1 aromatic heterocycles. The number of pyridine rings is 1. The van der Waals surface area contributed by atoms with Crippen LogP contribution in [0.1, 0.15) is 52.1 Å². The van der Waals surface area contributed by atoms with Crippen LogP contribution in [0.5, 0.6) is 0 Å². The van der Waals surface area contributed by atoms with Gasteiger partial charge in [0.05, 0.1) is 18.7 Å². The Morgan fingerprint density at radius 1 is 1.17 bits per heavy atom. The van der Waals surface area contributed by atoms with E-state index in [1.54, 1.807) is 6.20 Å². The summed E-state index contributed by atoms with van der Waals surface area (Å²) in [7, 11) is 0. The van der Waals surface area contributed by atoms with E-state index in [2.05, 4.69) is 35.5 Å². The molecule has 1 aliphatic rings. The van der Waals surface area contributed by atoms with E-state index in [0.717, 1.165) is 12.1 Å². The number of carboxylic acid groups (broad SMARTS) is 1. The van der Waals surface area contributed by atoms with Gasteiger partial charge in [-0.25, -0.2) is 0 Å². The summed E-state index contributed by atoms with van der Waals surface area (Å²) < 4.78 is 0. The van der Waals surface area contributed by atoms with Crippen LogP contribution in [0.4, 0.5) is 0 Å². The van der Waals surface area contributed by atoms with Gasteiger partial charge in [-0.1, -0.05) is 31.6 Å². The number of carbonyl (C=O) groups is 3. The number of hydrogen-bond donors (Lipinski definition) is 3. The molecule has 3 atom stereocenters. The molecule has 0 radical (unpaired) electrons. The number of aliphatic carboxylic acids is 1. The molecule has 164 valence electrons. The highest BCUT2D eigenvalue weighted by molar-refractivity contribution is 5.80. The second kappa shape index (κ2) is 11.5. The Balaban J connectivity index is 1.91. The summed E-state index contributed by atoms with van der Waals surface area (Å²) >= 11 is 0. The van der Waals surface area contributed by atoms with E-state index >= 15 is 0 Å². The monoisotopic (exact) mass is 415 g/mol. The van der Waals surface area contributed by atoms with Crippen LogP contribution >= 0.6 is 0 Å². The summed E-state index contributed by atoms with van der Waals surface area (Å²) in [6.07, 6.45) is 5.07. The number of rotatable bonds is 10. The van der Waals surface area contributed by atoms with E-state index in [9.17, 15) is 14.4 Å². The summed E-state index contributed by atoms with van der Waals surface area (Å²) in [4.78, 5) is 39.2.